The molecule has 5 nitrogen and oxygen atoms in total. The van der Waals surface area contributed by atoms with Crippen molar-refractivity contribution in [3.8, 4) is 17.1 Å². The number of fused-ring (bicyclic) bond motifs is 1. The Bertz CT molecular complexity index is 909. The quantitative estimate of drug-likeness (QED) is 0.776. The van der Waals surface area contributed by atoms with E-state index in [0.717, 1.165) is 48.4 Å². The Hall–Kier alpha value is -2.82. The number of amides is 1. The van der Waals surface area contributed by atoms with E-state index in [4.69, 9.17) is 4.74 Å². The molecule has 0 bridgehead atoms. The number of imidazole rings is 1. The van der Waals surface area contributed by atoms with Crippen LogP contribution in [-0.4, -0.2) is 40.5 Å². The molecule has 1 amide bonds. The van der Waals surface area contributed by atoms with E-state index in [2.05, 4.69) is 29.0 Å². The Morgan fingerprint density at radius 2 is 1.88 bits per heavy atom. The highest BCUT2D eigenvalue weighted by molar-refractivity contribution is 5.80. The summed E-state index contributed by atoms with van der Waals surface area (Å²) in [6, 6.07) is 13.9. The Kier molecular flexibility index (Phi) is 4.61. The zero-order valence-electron chi connectivity index (χ0n) is 15.0. The molecule has 0 saturated carbocycles. The Balaban J connectivity index is 1.41. The molecule has 2 aromatic carbocycles. The second-order valence-electron chi connectivity index (χ2n) is 6.86. The van der Waals surface area contributed by atoms with Gasteiger partial charge >= 0.3 is 0 Å². The van der Waals surface area contributed by atoms with Crippen molar-refractivity contribution in [2.75, 3.05) is 19.7 Å². The predicted octanol–water partition coefficient (Wildman–Crippen LogP) is 3.93. The molecule has 1 saturated heterocycles. The number of H-pyrrole nitrogens is 1. The summed E-state index contributed by atoms with van der Waals surface area (Å²) in [7, 11) is 0. The molecular formula is C21H23N3O2. The van der Waals surface area contributed by atoms with Crippen LogP contribution in [0.5, 0.6) is 5.75 Å². The van der Waals surface area contributed by atoms with Gasteiger partial charge in [0.2, 0.25) is 0 Å². The third-order valence-corrected chi connectivity index (χ3v) is 4.84. The Morgan fingerprint density at radius 3 is 2.65 bits per heavy atom. The number of likely N-dealkylation sites (tertiary alicyclic amines) is 1. The van der Waals surface area contributed by atoms with E-state index in [0.29, 0.717) is 5.75 Å². The number of piperidine rings is 1. The van der Waals surface area contributed by atoms with Crippen LogP contribution in [0.1, 0.15) is 24.8 Å². The van der Waals surface area contributed by atoms with Gasteiger partial charge in [0, 0.05) is 18.7 Å². The fraction of sp³-hybridized carbons (Fsp3) is 0.333. The van der Waals surface area contributed by atoms with Crippen molar-refractivity contribution in [3.05, 3.63) is 48.0 Å². The van der Waals surface area contributed by atoms with E-state index >= 15 is 0 Å². The van der Waals surface area contributed by atoms with E-state index < -0.39 is 0 Å². The van der Waals surface area contributed by atoms with Crippen molar-refractivity contribution >= 4 is 16.9 Å². The molecule has 134 valence electrons. The van der Waals surface area contributed by atoms with Crippen LogP contribution in [0.15, 0.2) is 42.5 Å². The molecule has 1 aliphatic rings. The normalized spacial score (nSPS) is 14.6. The molecule has 3 aromatic rings. The number of carbonyl (C=O) groups excluding carboxylic acids is 1. The number of hydrogen-bond acceptors (Lipinski definition) is 3. The maximum atomic E-state index is 12.2. The van der Waals surface area contributed by atoms with Gasteiger partial charge in [-0.3, -0.25) is 4.79 Å². The zero-order valence-corrected chi connectivity index (χ0v) is 15.0. The molecule has 4 rings (SSSR count). The van der Waals surface area contributed by atoms with Gasteiger partial charge in [0.1, 0.15) is 11.6 Å². The van der Waals surface area contributed by atoms with Crippen LogP contribution in [0.4, 0.5) is 0 Å². The van der Waals surface area contributed by atoms with Gasteiger partial charge in [-0.25, -0.2) is 4.98 Å². The molecule has 2 heterocycles. The molecule has 1 fully saturated rings. The number of ether oxygens (including phenoxy) is 1. The third kappa shape index (κ3) is 3.57. The third-order valence-electron chi connectivity index (χ3n) is 4.84. The lowest BCUT2D eigenvalue weighted by atomic mass is 10.1. The first-order valence-electron chi connectivity index (χ1n) is 9.16. The SMILES string of the molecule is Cc1ccc2nc(-c3ccc(OCC(=O)N4CCCCC4)cc3)[nH]c2c1. The van der Waals surface area contributed by atoms with Gasteiger partial charge in [-0.1, -0.05) is 6.07 Å². The number of nitrogens with one attached hydrogen (secondary N) is 1. The van der Waals surface area contributed by atoms with E-state index in [9.17, 15) is 4.79 Å². The molecule has 0 atom stereocenters. The minimum Gasteiger partial charge on any atom is -0.484 e. The van der Waals surface area contributed by atoms with Crippen molar-refractivity contribution in [2.45, 2.75) is 26.2 Å². The number of benzene rings is 2. The number of rotatable bonds is 4. The maximum absolute atomic E-state index is 12.2. The van der Waals surface area contributed by atoms with Gasteiger partial charge in [-0.15, -0.1) is 0 Å². The molecule has 0 unspecified atom stereocenters. The van der Waals surface area contributed by atoms with Crippen LogP contribution in [-0.2, 0) is 4.79 Å². The predicted molar refractivity (Wildman–Crippen MR) is 102 cm³/mol. The van der Waals surface area contributed by atoms with Crippen molar-refractivity contribution in [2.24, 2.45) is 0 Å². The minimum atomic E-state index is 0.0708. The Morgan fingerprint density at radius 1 is 1.12 bits per heavy atom. The van der Waals surface area contributed by atoms with Gasteiger partial charge in [0.15, 0.2) is 6.61 Å². The lowest BCUT2D eigenvalue weighted by Crippen LogP contribution is -2.38. The van der Waals surface area contributed by atoms with Crippen LogP contribution >= 0.6 is 0 Å². The highest BCUT2D eigenvalue weighted by atomic mass is 16.5. The highest BCUT2D eigenvalue weighted by Gasteiger charge is 2.16. The van der Waals surface area contributed by atoms with Gasteiger partial charge in [-0.2, -0.15) is 0 Å². The largest absolute Gasteiger partial charge is 0.484 e. The van der Waals surface area contributed by atoms with Crippen molar-refractivity contribution in [1.82, 2.24) is 14.9 Å². The maximum Gasteiger partial charge on any atom is 0.260 e. The second kappa shape index (κ2) is 7.20. The summed E-state index contributed by atoms with van der Waals surface area (Å²) in [6.07, 6.45) is 3.41. The molecule has 26 heavy (non-hydrogen) atoms. The first-order valence-corrected chi connectivity index (χ1v) is 9.16. The number of aromatic nitrogens is 2. The fourth-order valence-corrected chi connectivity index (χ4v) is 3.35. The van der Waals surface area contributed by atoms with Gasteiger partial charge in [0.05, 0.1) is 11.0 Å². The summed E-state index contributed by atoms with van der Waals surface area (Å²) in [5.41, 5.74) is 4.19. The number of nitrogens with zero attached hydrogens (tertiary/aromatic N) is 2. The molecule has 5 heteroatoms. The first-order chi connectivity index (χ1) is 12.7. The Labute approximate surface area is 153 Å². The average Bonchev–Trinajstić information content (AvgIpc) is 3.10. The molecule has 0 aliphatic carbocycles. The van der Waals surface area contributed by atoms with Gasteiger partial charge in [0.25, 0.3) is 5.91 Å². The fourth-order valence-electron chi connectivity index (χ4n) is 3.35. The topological polar surface area (TPSA) is 58.2 Å². The summed E-state index contributed by atoms with van der Waals surface area (Å²) in [6.45, 7) is 3.87. The molecule has 0 spiro atoms. The van der Waals surface area contributed by atoms with E-state index in [1.54, 1.807) is 0 Å². The number of hydrogen-bond donors (Lipinski definition) is 1. The van der Waals surface area contributed by atoms with Crippen LogP contribution < -0.4 is 4.74 Å². The van der Waals surface area contributed by atoms with Crippen LogP contribution in [0.25, 0.3) is 22.4 Å². The van der Waals surface area contributed by atoms with Crippen molar-refractivity contribution in [3.63, 3.8) is 0 Å². The zero-order chi connectivity index (χ0) is 17.9. The van der Waals surface area contributed by atoms with Crippen LogP contribution in [0.2, 0.25) is 0 Å². The van der Waals surface area contributed by atoms with Gasteiger partial charge < -0.3 is 14.6 Å². The highest BCUT2D eigenvalue weighted by Crippen LogP contribution is 2.23. The van der Waals surface area contributed by atoms with Crippen LogP contribution in [0.3, 0.4) is 0 Å². The minimum absolute atomic E-state index is 0.0708. The van der Waals surface area contributed by atoms with Crippen molar-refractivity contribution < 1.29 is 9.53 Å². The summed E-state index contributed by atoms with van der Waals surface area (Å²) in [5.74, 6) is 1.61. The second-order valence-corrected chi connectivity index (χ2v) is 6.86. The van der Waals surface area contributed by atoms with E-state index in [1.807, 2.05) is 35.2 Å². The van der Waals surface area contributed by atoms with Crippen LogP contribution in [0, 0.1) is 6.92 Å². The lowest BCUT2D eigenvalue weighted by molar-refractivity contribution is -0.134. The van der Waals surface area contributed by atoms with Crippen molar-refractivity contribution in [1.29, 1.82) is 0 Å². The monoisotopic (exact) mass is 349 g/mol. The first kappa shape index (κ1) is 16.6. The smallest absolute Gasteiger partial charge is 0.260 e. The molecule has 1 aliphatic heterocycles. The lowest BCUT2D eigenvalue weighted by Gasteiger charge is -2.26. The average molecular weight is 349 g/mol. The summed E-state index contributed by atoms with van der Waals surface area (Å²) in [5, 5.41) is 0. The summed E-state index contributed by atoms with van der Waals surface area (Å²) in [4.78, 5) is 22.1. The standard InChI is InChI=1S/C21H23N3O2/c1-15-5-10-18-19(13-15)23-21(22-18)16-6-8-17(9-7-16)26-14-20(25)24-11-3-2-4-12-24/h5-10,13H,2-4,11-12,14H2,1H3,(H,22,23). The number of carbonyl (C=O) groups is 1. The number of aryl methyl sites for hydroxylation is 1. The molecule has 1 aromatic heterocycles. The summed E-state index contributed by atoms with van der Waals surface area (Å²) >= 11 is 0. The molecular weight excluding hydrogens is 326 g/mol. The van der Waals surface area contributed by atoms with E-state index in [-0.39, 0.29) is 12.5 Å². The number of aromatic amines is 1. The summed E-state index contributed by atoms with van der Waals surface area (Å²) < 4.78 is 5.66. The molecule has 0 radical (unpaired) electrons. The van der Waals surface area contributed by atoms with Gasteiger partial charge in [-0.05, 0) is 68.1 Å². The molecule has 1 N–H and O–H groups in total. The van der Waals surface area contributed by atoms with E-state index in [1.165, 1.54) is 12.0 Å².